The molecule has 0 saturated carbocycles. The zero-order valence-electron chi connectivity index (χ0n) is 12.6. The van der Waals surface area contributed by atoms with Crippen molar-refractivity contribution in [3.05, 3.63) is 54.6 Å². The van der Waals surface area contributed by atoms with Crippen molar-refractivity contribution in [3.8, 4) is 0 Å². The fraction of sp³-hybridized carbons (Fsp3) is 0.333. The zero-order valence-corrected chi connectivity index (χ0v) is 12.6. The van der Waals surface area contributed by atoms with E-state index in [4.69, 9.17) is 4.98 Å². The fourth-order valence-corrected chi connectivity index (χ4v) is 3.40. The number of rotatable bonds is 3. The van der Waals surface area contributed by atoms with E-state index in [1.165, 1.54) is 18.5 Å². The summed E-state index contributed by atoms with van der Waals surface area (Å²) in [5, 5.41) is 0. The first-order chi connectivity index (χ1) is 10.9. The highest BCUT2D eigenvalue weighted by atomic mass is 15.1. The Labute approximate surface area is 130 Å². The Kier molecular flexibility index (Phi) is 3.51. The molecule has 4 heteroatoms. The largest absolute Gasteiger partial charge is 0.371 e. The van der Waals surface area contributed by atoms with Crippen LogP contribution >= 0.6 is 0 Å². The van der Waals surface area contributed by atoms with Gasteiger partial charge in [0.05, 0.1) is 11.0 Å². The molecule has 1 atom stereocenters. The molecule has 0 spiro atoms. The molecule has 3 heterocycles. The van der Waals surface area contributed by atoms with Crippen molar-refractivity contribution in [1.29, 1.82) is 0 Å². The third kappa shape index (κ3) is 2.69. The first-order valence-corrected chi connectivity index (χ1v) is 7.97. The van der Waals surface area contributed by atoms with Gasteiger partial charge in [-0.2, -0.15) is 0 Å². The highest BCUT2D eigenvalue weighted by molar-refractivity contribution is 5.74. The number of H-pyrrole nitrogens is 1. The molecule has 3 aromatic rings. The van der Waals surface area contributed by atoms with Crippen molar-refractivity contribution >= 4 is 16.7 Å². The summed E-state index contributed by atoms with van der Waals surface area (Å²) in [4.78, 5) is 14.8. The maximum atomic E-state index is 4.72. The summed E-state index contributed by atoms with van der Waals surface area (Å²) in [6.45, 7) is 2.24. The summed E-state index contributed by atoms with van der Waals surface area (Å²) in [6, 6.07) is 12.5. The molecule has 2 aromatic heterocycles. The van der Waals surface area contributed by atoms with E-state index < -0.39 is 0 Å². The number of benzene rings is 1. The van der Waals surface area contributed by atoms with Gasteiger partial charge in [0.1, 0.15) is 5.82 Å². The number of pyridine rings is 1. The number of hydrogen-bond donors (Lipinski definition) is 1. The molecule has 1 aliphatic rings. The van der Waals surface area contributed by atoms with Crippen LogP contribution in [0.3, 0.4) is 0 Å². The summed E-state index contributed by atoms with van der Waals surface area (Å²) >= 11 is 0. The Hall–Kier alpha value is -2.36. The van der Waals surface area contributed by atoms with E-state index in [0.29, 0.717) is 5.92 Å². The smallest absolute Gasteiger partial charge is 0.107 e. The van der Waals surface area contributed by atoms with Crippen molar-refractivity contribution in [2.75, 3.05) is 18.0 Å². The number of piperidine rings is 1. The number of anilines is 1. The molecule has 1 aliphatic heterocycles. The van der Waals surface area contributed by atoms with E-state index in [-0.39, 0.29) is 0 Å². The predicted molar refractivity (Wildman–Crippen MR) is 89.0 cm³/mol. The normalized spacial score (nSPS) is 18.7. The van der Waals surface area contributed by atoms with Crippen LogP contribution in [-0.4, -0.2) is 28.0 Å². The fourth-order valence-electron chi connectivity index (χ4n) is 3.40. The number of nitrogens with one attached hydrogen (secondary N) is 1. The Bertz CT molecular complexity index is 717. The standard InChI is InChI=1S/C18H20N4/c1-2-6-17-16(5-1)20-18(21-17)12-14-4-3-11-22(13-14)15-7-9-19-10-8-15/h1-2,5-10,14H,3-4,11-13H2,(H,20,21). The van der Waals surface area contributed by atoms with Gasteiger partial charge >= 0.3 is 0 Å². The minimum Gasteiger partial charge on any atom is -0.371 e. The highest BCUT2D eigenvalue weighted by Crippen LogP contribution is 2.25. The SMILES string of the molecule is c1ccc2[nH]c(CC3CCCN(c4ccncc4)C3)nc2c1. The molecule has 0 amide bonds. The summed E-state index contributed by atoms with van der Waals surface area (Å²) in [5.41, 5.74) is 3.49. The van der Waals surface area contributed by atoms with Gasteiger partial charge in [0.2, 0.25) is 0 Å². The van der Waals surface area contributed by atoms with Crippen LogP contribution in [0.4, 0.5) is 5.69 Å². The Morgan fingerprint density at radius 3 is 2.86 bits per heavy atom. The number of fused-ring (bicyclic) bond motifs is 1. The summed E-state index contributed by atoms with van der Waals surface area (Å²) in [5.74, 6) is 1.77. The van der Waals surface area contributed by atoms with Gasteiger partial charge in [0.25, 0.3) is 0 Å². The maximum Gasteiger partial charge on any atom is 0.107 e. The maximum absolute atomic E-state index is 4.72. The third-order valence-corrected chi connectivity index (χ3v) is 4.47. The van der Waals surface area contributed by atoms with Crippen molar-refractivity contribution < 1.29 is 0 Å². The second-order valence-corrected chi connectivity index (χ2v) is 6.06. The molecule has 1 aromatic carbocycles. The molecule has 112 valence electrons. The van der Waals surface area contributed by atoms with Crippen molar-refractivity contribution in [2.45, 2.75) is 19.3 Å². The molecule has 1 saturated heterocycles. The number of aromatic amines is 1. The number of hydrogen-bond acceptors (Lipinski definition) is 3. The van der Waals surface area contributed by atoms with E-state index >= 15 is 0 Å². The van der Waals surface area contributed by atoms with Crippen LogP contribution in [0.2, 0.25) is 0 Å². The minimum absolute atomic E-state index is 0.655. The van der Waals surface area contributed by atoms with Gasteiger partial charge in [-0.1, -0.05) is 12.1 Å². The van der Waals surface area contributed by atoms with Gasteiger partial charge in [-0.05, 0) is 43.0 Å². The van der Waals surface area contributed by atoms with Crippen LogP contribution in [0.25, 0.3) is 11.0 Å². The van der Waals surface area contributed by atoms with E-state index in [1.807, 2.05) is 18.5 Å². The van der Waals surface area contributed by atoms with E-state index in [0.717, 1.165) is 36.4 Å². The van der Waals surface area contributed by atoms with Crippen LogP contribution in [0.5, 0.6) is 0 Å². The van der Waals surface area contributed by atoms with Gasteiger partial charge < -0.3 is 9.88 Å². The molecule has 4 rings (SSSR count). The first kappa shape index (κ1) is 13.3. The molecule has 1 N–H and O–H groups in total. The van der Waals surface area contributed by atoms with Gasteiger partial charge in [-0.3, -0.25) is 4.98 Å². The number of nitrogens with zero attached hydrogens (tertiary/aromatic N) is 3. The number of imidazole rings is 1. The number of para-hydroxylation sites is 2. The summed E-state index contributed by atoms with van der Waals surface area (Å²) < 4.78 is 0. The van der Waals surface area contributed by atoms with Crippen LogP contribution in [0, 0.1) is 5.92 Å². The summed E-state index contributed by atoms with van der Waals surface area (Å²) in [7, 11) is 0. The Morgan fingerprint density at radius 1 is 1.14 bits per heavy atom. The van der Waals surface area contributed by atoms with Gasteiger partial charge in [0.15, 0.2) is 0 Å². The average molecular weight is 292 g/mol. The molecule has 1 fully saturated rings. The third-order valence-electron chi connectivity index (χ3n) is 4.47. The lowest BCUT2D eigenvalue weighted by atomic mass is 9.94. The highest BCUT2D eigenvalue weighted by Gasteiger charge is 2.21. The second kappa shape index (κ2) is 5.79. The topological polar surface area (TPSA) is 44.8 Å². The van der Waals surface area contributed by atoms with E-state index in [2.05, 4.69) is 45.2 Å². The van der Waals surface area contributed by atoms with Crippen LogP contribution < -0.4 is 4.90 Å². The van der Waals surface area contributed by atoms with Crippen molar-refractivity contribution in [3.63, 3.8) is 0 Å². The number of aromatic nitrogens is 3. The monoisotopic (exact) mass is 292 g/mol. The van der Waals surface area contributed by atoms with E-state index in [1.54, 1.807) is 0 Å². The lowest BCUT2D eigenvalue weighted by Gasteiger charge is -2.34. The minimum atomic E-state index is 0.655. The van der Waals surface area contributed by atoms with Gasteiger partial charge in [-0.25, -0.2) is 4.98 Å². The zero-order chi connectivity index (χ0) is 14.8. The molecular formula is C18H20N4. The molecule has 0 bridgehead atoms. The average Bonchev–Trinajstić information content (AvgIpc) is 2.98. The lowest BCUT2D eigenvalue weighted by Crippen LogP contribution is -2.36. The van der Waals surface area contributed by atoms with Crippen LogP contribution in [0.1, 0.15) is 18.7 Å². The summed E-state index contributed by atoms with van der Waals surface area (Å²) in [6.07, 6.45) is 7.29. The molecular weight excluding hydrogens is 272 g/mol. The van der Waals surface area contributed by atoms with Crippen molar-refractivity contribution in [1.82, 2.24) is 15.0 Å². The molecule has 0 aliphatic carbocycles. The molecule has 4 nitrogen and oxygen atoms in total. The predicted octanol–water partition coefficient (Wildman–Crippen LogP) is 3.42. The van der Waals surface area contributed by atoms with Gasteiger partial charge in [0, 0.05) is 37.6 Å². The molecule has 22 heavy (non-hydrogen) atoms. The first-order valence-electron chi connectivity index (χ1n) is 7.97. The second-order valence-electron chi connectivity index (χ2n) is 6.06. The van der Waals surface area contributed by atoms with Gasteiger partial charge in [-0.15, -0.1) is 0 Å². The molecule has 1 unspecified atom stereocenters. The van der Waals surface area contributed by atoms with Crippen molar-refractivity contribution in [2.24, 2.45) is 5.92 Å². The van der Waals surface area contributed by atoms with Crippen LogP contribution in [0.15, 0.2) is 48.8 Å². The molecule has 0 radical (unpaired) electrons. The Balaban J connectivity index is 1.48. The van der Waals surface area contributed by atoms with Crippen LogP contribution in [-0.2, 0) is 6.42 Å². The van der Waals surface area contributed by atoms with E-state index in [9.17, 15) is 0 Å². The Morgan fingerprint density at radius 2 is 2.00 bits per heavy atom. The quantitative estimate of drug-likeness (QED) is 0.804. The lowest BCUT2D eigenvalue weighted by molar-refractivity contribution is 0.407.